The van der Waals surface area contributed by atoms with Gasteiger partial charge in [0.2, 0.25) is 5.88 Å². The lowest BCUT2D eigenvalue weighted by Crippen LogP contribution is -2.04. The second-order valence-electron chi connectivity index (χ2n) is 1.72. The summed E-state index contributed by atoms with van der Waals surface area (Å²) in [6.07, 6.45) is 1.42. The van der Waals surface area contributed by atoms with E-state index in [-0.39, 0.29) is 5.88 Å². The molecule has 76 valence electrons. The van der Waals surface area contributed by atoms with E-state index in [4.69, 9.17) is 15.3 Å². The fourth-order valence-corrected chi connectivity index (χ4v) is 0.477. The Bertz CT molecular complexity index is 298. The van der Waals surface area contributed by atoms with Crippen LogP contribution in [0.3, 0.4) is 0 Å². The van der Waals surface area contributed by atoms with Gasteiger partial charge in [-0.05, 0) is 12.1 Å². The second kappa shape index (κ2) is 6.11. The maximum atomic E-state index is 9.71. The zero-order chi connectivity index (χ0) is 11.0. The summed E-state index contributed by atoms with van der Waals surface area (Å²) in [5.41, 5.74) is 0. The van der Waals surface area contributed by atoms with Crippen LogP contribution in [0.4, 0.5) is 0 Å². The van der Waals surface area contributed by atoms with Crippen LogP contribution in [-0.2, 0) is 0 Å². The lowest BCUT2D eigenvalue weighted by molar-refractivity contribution is -0.742. The maximum absolute atomic E-state index is 9.71. The van der Waals surface area contributed by atoms with Gasteiger partial charge in [-0.15, -0.1) is 20.2 Å². The monoisotopic (exact) mass is 203 g/mol. The minimum absolute atomic E-state index is 0.00694. The van der Waals surface area contributed by atoms with Crippen LogP contribution in [0, 0.1) is 20.2 Å². The standard InChI is InChI=1S/C5H4N2O3.HNO3/c8-7(9)10-5-3-1-2-4-6-5;2-1(3)4/h1-4H;(H,2,3,4). The van der Waals surface area contributed by atoms with E-state index in [1.54, 1.807) is 12.1 Å². The number of nitrogens with zero attached hydrogens (tertiary/aromatic N) is 3. The Kier molecular flexibility index (Phi) is 5.04. The molecule has 9 nitrogen and oxygen atoms in total. The van der Waals surface area contributed by atoms with Crippen LogP contribution in [-0.4, -0.2) is 20.4 Å². The van der Waals surface area contributed by atoms with Crippen molar-refractivity contribution in [2.24, 2.45) is 0 Å². The predicted octanol–water partition coefficient (Wildman–Crippen LogP) is 0.304. The zero-order valence-corrected chi connectivity index (χ0v) is 6.64. The van der Waals surface area contributed by atoms with Gasteiger partial charge < -0.3 is 5.21 Å². The number of rotatable bonds is 2. The average Bonchev–Trinajstić information content (AvgIpc) is 2.03. The Balaban J connectivity index is 0.000000364. The first kappa shape index (κ1) is 11.6. The minimum atomic E-state index is -1.50. The second-order valence-corrected chi connectivity index (χ2v) is 1.72. The van der Waals surface area contributed by atoms with Crippen LogP contribution in [0.5, 0.6) is 5.88 Å². The third-order valence-electron chi connectivity index (χ3n) is 0.806. The molecule has 1 heterocycles. The van der Waals surface area contributed by atoms with Gasteiger partial charge in [-0.1, -0.05) is 6.07 Å². The van der Waals surface area contributed by atoms with Gasteiger partial charge in [0.25, 0.3) is 5.09 Å². The molecule has 0 atom stereocenters. The lowest BCUT2D eigenvalue weighted by atomic mass is 10.5. The first-order valence-corrected chi connectivity index (χ1v) is 3.09. The number of aromatic nitrogens is 1. The SMILES string of the molecule is O=[N+]([O-])O.O=[N+]([O-])Oc1ccccn1. The molecule has 1 N–H and O–H groups in total. The Morgan fingerprint density at radius 2 is 1.93 bits per heavy atom. The molecule has 14 heavy (non-hydrogen) atoms. The van der Waals surface area contributed by atoms with E-state index in [1.807, 2.05) is 0 Å². The minimum Gasteiger partial charge on any atom is -0.328 e. The zero-order valence-electron chi connectivity index (χ0n) is 6.64. The molecule has 0 aliphatic carbocycles. The van der Waals surface area contributed by atoms with Crippen LogP contribution in [0.1, 0.15) is 0 Å². The molecule has 0 saturated carbocycles. The highest BCUT2D eigenvalue weighted by Crippen LogP contribution is 2.01. The van der Waals surface area contributed by atoms with Crippen molar-refractivity contribution in [2.75, 3.05) is 0 Å². The molecule has 0 amide bonds. The Morgan fingerprint density at radius 1 is 1.36 bits per heavy atom. The Labute approximate surface area is 76.8 Å². The van der Waals surface area contributed by atoms with E-state index < -0.39 is 10.2 Å². The van der Waals surface area contributed by atoms with Crippen LogP contribution in [0.25, 0.3) is 0 Å². The Hall–Kier alpha value is -2.45. The Morgan fingerprint density at radius 3 is 2.29 bits per heavy atom. The summed E-state index contributed by atoms with van der Waals surface area (Å²) in [6.45, 7) is 0. The fraction of sp³-hybridized carbons (Fsp3) is 0. The van der Waals surface area contributed by atoms with Gasteiger partial charge in [0, 0.05) is 6.20 Å². The largest absolute Gasteiger partial charge is 0.328 e. The van der Waals surface area contributed by atoms with Crippen LogP contribution >= 0.6 is 0 Å². The van der Waals surface area contributed by atoms with E-state index in [0.29, 0.717) is 0 Å². The first-order valence-electron chi connectivity index (χ1n) is 3.09. The molecule has 0 bridgehead atoms. The fourth-order valence-electron chi connectivity index (χ4n) is 0.477. The van der Waals surface area contributed by atoms with Gasteiger partial charge in [0.15, 0.2) is 0 Å². The van der Waals surface area contributed by atoms with Crippen LogP contribution in [0.15, 0.2) is 24.4 Å². The summed E-state index contributed by atoms with van der Waals surface area (Å²) < 4.78 is 0. The van der Waals surface area contributed by atoms with Crippen LogP contribution < -0.4 is 4.84 Å². The van der Waals surface area contributed by atoms with Gasteiger partial charge in [-0.3, -0.25) is 4.84 Å². The van der Waals surface area contributed by atoms with Crippen molar-refractivity contribution >= 4 is 0 Å². The summed E-state index contributed by atoms with van der Waals surface area (Å²) in [6, 6.07) is 4.65. The van der Waals surface area contributed by atoms with Gasteiger partial charge in [-0.2, -0.15) is 0 Å². The molecule has 0 aliphatic heterocycles. The highest BCUT2D eigenvalue weighted by Gasteiger charge is 1.96. The van der Waals surface area contributed by atoms with Crippen molar-refractivity contribution in [3.63, 3.8) is 0 Å². The summed E-state index contributed by atoms with van der Waals surface area (Å²) >= 11 is 0. The quantitative estimate of drug-likeness (QED) is 0.540. The molecule has 0 spiro atoms. The lowest BCUT2D eigenvalue weighted by Gasteiger charge is -1.92. The van der Waals surface area contributed by atoms with Gasteiger partial charge in [0.05, 0.1) is 0 Å². The molecular formula is C5H5N3O6. The van der Waals surface area contributed by atoms with Crippen LogP contribution in [0.2, 0.25) is 0 Å². The highest BCUT2D eigenvalue weighted by molar-refractivity contribution is 5.07. The third-order valence-corrected chi connectivity index (χ3v) is 0.806. The van der Waals surface area contributed by atoms with Crippen molar-refractivity contribution < 1.29 is 20.2 Å². The van der Waals surface area contributed by atoms with Crippen molar-refractivity contribution in [2.45, 2.75) is 0 Å². The summed E-state index contributed by atoms with van der Waals surface area (Å²) in [7, 11) is 0. The number of hydrogen-bond acceptors (Lipinski definition) is 6. The molecule has 0 radical (unpaired) electrons. The predicted molar refractivity (Wildman–Crippen MR) is 40.6 cm³/mol. The van der Waals surface area contributed by atoms with Crippen molar-refractivity contribution in [3.8, 4) is 5.88 Å². The van der Waals surface area contributed by atoms with E-state index >= 15 is 0 Å². The maximum Gasteiger partial charge on any atom is 0.301 e. The van der Waals surface area contributed by atoms with Crippen molar-refractivity contribution in [3.05, 3.63) is 44.6 Å². The molecule has 1 aromatic rings. The number of pyridine rings is 1. The van der Waals surface area contributed by atoms with Crippen molar-refractivity contribution in [1.82, 2.24) is 4.98 Å². The molecule has 0 fully saturated rings. The molecular weight excluding hydrogens is 198 g/mol. The summed E-state index contributed by atoms with van der Waals surface area (Å²) in [5.74, 6) is -0.00694. The topological polar surface area (TPSA) is 129 Å². The molecule has 9 heteroatoms. The third kappa shape index (κ3) is 7.65. The molecule has 1 rings (SSSR count). The molecule has 1 aromatic heterocycles. The van der Waals surface area contributed by atoms with E-state index in [2.05, 4.69) is 9.82 Å². The summed E-state index contributed by atoms with van der Waals surface area (Å²) in [4.78, 5) is 25.7. The van der Waals surface area contributed by atoms with E-state index in [9.17, 15) is 10.1 Å². The van der Waals surface area contributed by atoms with Gasteiger partial charge in [-0.25, -0.2) is 4.98 Å². The van der Waals surface area contributed by atoms with Gasteiger partial charge >= 0.3 is 5.09 Å². The van der Waals surface area contributed by atoms with Crippen molar-refractivity contribution in [1.29, 1.82) is 0 Å². The molecule has 0 unspecified atom stereocenters. The molecule has 0 saturated heterocycles. The molecule has 0 aliphatic rings. The highest BCUT2D eigenvalue weighted by atomic mass is 17.0. The van der Waals surface area contributed by atoms with Gasteiger partial charge in [0.1, 0.15) is 0 Å². The summed E-state index contributed by atoms with van der Waals surface area (Å²) in [5, 5.41) is 22.5. The normalized spacial score (nSPS) is 8.00. The number of hydrogen-bond donors (Lipinski definition) is 1. The van der Waals surface area contributed by atoms with E-state index in [1.165, 1.54) is 12.3 Å². The van der Waals surface area contributed by atoms with E-state index in [0.717, 1.165) is 0 Å². The first-order chi connectivity index (χ1) is 6.52. The molecule has 0 aromatic carbocycles. The average molecular weight is 203 g/mol. The smallest absolute Gasteiger partial charge is 0.301 e.